The molecule has 1 unspecified atom stereocenters. The molecule has 1 atom stereocenters. The summed E-state index contributed by atoms with van der Waals surface area (Å²) in [6, 6.07) is 0. The summed E-state index contributed by atoms with van der Waals surface area (Å²) in [5.41, 5.74) is 0. The topological polar surface area (TPSA) is 21.3 Å². The Labute approximate surface area is 102 Å². The van der Waals surface area contributed by atoms with E-state index < -0.39 is 12.8 Å². The molecular weight excluding hydrogens is 231 g/mol. The highest BCUT2D eigenvalue weighted by atomic mass is 19.4. The molecule has 0 fully saturated rings. The Kier molecular flexibility index (Phi) is 9.55. The van der Waals surface area contributed by atoms with Gasteiger partial charge in [0.15, 0.2) is 0 Å². The van der Waals surface area contributed by atoms with E-state index in [-0.39, 0.29) is 6.61 Å². The fourth-order valence-electron chi connectivity index (χ4n) is 1.58. The van der Waals surface area contributed by atoms with Crippen molar-refractivity contribution in [2.75, 3.05) is 26.3 Å². The molecule has 0 aromatic heterocycles. The zero-order valence-electron chi connectivity index (χ0n) is 10.8. The van der Waals surface area contributed by atoms with Crippen LogP contribution in [0.15, 0.2) is 0 Å². The predicted molar refractivity (Wildman–Crippen MR) is 63.0 cm³/mol. The molecule has 0 saturated carbocycles. The van der Waals surface area contributed by atoms with Crippen LogP contribution in [0.4, 0.5) is 13.2 Å². The molecule has 0 heterocycles. The summed E-state index contributed by atoms with van der Waals surface area (Å²) in [5.74, 6) is 0.623. The van der Waals surface area contributed by atoms with Gasteiger partial charge in [0, 0.05) is 6.54 Å². The highest BCUT2D eigenvalue weighted by Crippen LogP contribution is 2.14. The quantitative estimate of drug-likeness (QED) is 0.604. The monoisotopic (exact) mass is 255 g/mol. The van der Waals surface area contributed by atoms with Crippen LogP contribution in [0.1, 0.15) is 39.5 Å². The Morgan fingerprint density at radius 3 is 2.47 bits per heavy atom. The predicted octanol–water partition coefficient (Wildman–Crippen LogP) is 3.37. The molecule has 104 valence electrons. The number of unbranched alkanes of at least 4 members (excludes halogenated alkanes) is 1. The standard InChI is InChI=1S/C12H24F3NO/c1-3-5-6-11(4-2)9-16-7-8-17-10-12(13,14)15/h11,16H,3-10H2,1-2H3. The smallest absolute Gasteiger partial charge is 0.371 e. The van der Waals surface area contributed by atoms with Crippen LogP contribution in [0, 0.1) is 5.92 Å². The molecular formula is C12H24F3NO. The fraction of sp³-hybridized carbons (Fsp3) is 1.00. The minimum Gasteiger partial charge on any atom is -0.371 e. The lowest BCUT2D eigenvalue weighted by Gasteiger charge is -2.15. The van der Waals surface area contributed by atoms with Gasteiger partial charge in [0.05, 0.1) is 6.61 Å². The summed E-state index contributed by atoms with van der Waals surface area (Å²) in [6.45, 7) is 4.61. The lowest BCUT2D eigenvalue weighted by molar-refractivity contribution is -0.173. The van der Waals surface area contributed by atoms with Gasteiger partial charge in [0.2, 0.25) is 0 Å². The molecule has 0 saturated heterocycles. The molecule has 0 aromatic carbocycles. The Hall–Kier alpha value is -0.290. The lowest BCUT2D eigenvalue weighted by atomic mass is 9.99. The van der Waals surface area contributed by atoms with Gasteiger partial charge < -0.3 is 10.1 Å². The van der Waals surface area contributed by atoms with Crippen LogP contribution in [0.25, 0.3) is 0 Å². The summed E-state index contributed by atoms with van der Waals surface area (Å²) < 4.78 is 39.7. The minimum atomic E-state index is -4.22. The molecule has 0 rings (SSSR count). The minimum absolute atomic E-state index is 0.115. The molecule has 17 heavy (non-hydrogen) atoms. The van der Waals surface area contributed by atoms with Crippen LogP contribution in [-0.2, 0) is 4.74 Å². The largest absolute Gasteiger partial charge is 0.411 e. The van der Waals surface area contributed by atoms with Crippen molar-refractivity contribution >= 4 is 0 Å². The van der Waals surface area contributed by atoms with E-state index in [1.807, 2.05) is 0 Å². The van der Waals surface area contributed by atoms with Gasteiger partial charge >= 0.3 is 6.18 Å². The molecule has 0 radical (unpaired) electrons. The second kappa shape index (κ2) is 9.71. The molecule has 0 aromatic rings. The van der Waals surface area contributed by atoms with Crippen LogP contribution in [0.5, 0.6) is 0 Å². The Morgan fingerprint density at radius 1 is 1.24 bits per heavy atom. The maximum atomic E-state index is 11.7. The van der Waals surface area contributed by atoms with E-state index in [4.69, 9.17) is 0 Å². The zero-order chi connectivity index (χ0) is 13.1. The molecule has 0 spiro atoms. The van der Waals surface area contributed by atoms with E-state index >= 15 is 0 Å². The summed E-state index contributed by atoms with van der Waals surface area (Å²) in [7, 11) is 0. The summed E-state index contributed by atoms with van der Waals surface area (Å²) in [6.07, 6.45) is 0.475. The van der Waals surface area contributed by atoms with Crippen molar-refractivity contribution in [1.29, 1.82) is 0 Å². The van der Waals surface area contributed by atoms with E-state index in [1.165, 1.54) is 19.3 Å². The third-order valence-corrected chi connectivity index (χ3v) is 2.67. The zero-order valence-corrected chi connectivity index (χ0v) is 10.8. The van der Waals surface area contributed by atoms with Crippen LogP contribution in [0.3, 0.4) is 0 Å². The van der Waals surface area contributed by atoms with Crippen molar-refractivity contribution in [3.63, 3.8) is 0 Å². The molecule has 0 bridgehead atoms. The lowest BCUT2D eigenvalue weighted by Crippen LogP contribution is -2.27. The number of alkyl halides is 3. The van der Waals surface area contributed by atoms with E-state index in [9.17, 15) is 13.2 Å². The van der Waals surface area contributed by atoms with Crippen molar-refractivity contribution < 1.29 is 17.9 Å². The normalized spacial score (nSPS) is 13.9. The number of nitrogens with one attached hydrogen (secondary N) is 1. The number of hydrogen-bond donors (Lipinski definition) is 1. The molecule has 0 aliphatic heterocycles. The average Bonchev–Trinajstić information content (AvgIpc) is 2.25. The first-order valence-corrected chi connectivity index (χ1v) is 6.34. The van der Waals surface area contributed by atoms with Gasteiger partial charge in [0.1, 0.15) is 6.61 Å². The first-order valence-electron chi connectivity index (χ1n) is 6.34. The van der Waals surface area contributed by atoms with Gasteiger partial charge in [-0.25, -0.2) is 0 Å². The number of rotatable bonds is 10. The highest BCUT2D eigenvalue weighted by molar-refractivity contribution is 4.60. The summed E-state index contributed by atoms with van der Waals surface area (Å²) in [4.78, 5) is 0. The molecule has 0 amide bonds. The van der Waals surface area contributed by atoms with Crippen molar-refractivity contribution in [2.45, 2.75) is 45.7 Å². The summed E-state index contributed by atoms with van der Waals surface area (Å²) in [5, 5.41) is 3.14. The molecule has 2 nitrogen and oxygen atoms in total. The van der Waals surface area contributed by atoms with Gasteiger partial charge in [-0.1, -0.05) is 33.1 Å². The molecule has 0 aliphatic carbocycles. The maximum absolute atomic E-state index is 11.7. The SMILES string of the molecule is CCCCC(CC)CNCCOCC(F)(F)F. The highest BCUT2D eigenvalue weighted by Gasteiger charge is 2.27. The van der Waals surface area contributed by atoms with E-state index in [0.29, 0.717) is 12.5 Å². The van der Waals surface area contributed by atoms with Crippen LogP contribution >= 0.6 is 0 Å². The number of ether oxygens (including phenoxy) is 1. The van der Waals surface area contributed by atoms with Crippen molar-refractivity contribution in [3.05, 3.63) is 0 Å². The molecule has 0 aliphatic rings. The van der Waals surface area contributed by atoms with Crippen LogP contribution in [-0.4, -0.2) is 32.5 Å². The third-order valence-electron chi connectivity index (χ3n) is 2.67. The van der Waals surface area contributed by atoms with Gasteiger partial charge in [-0.15, -0.1) is 0 Å². The van der Waals surface area contributed by atoms with Crippen molar-refractivity contribution in [2.24, 2.45) is 5.92 Å². The van der Waals surface area contributed by atoms with E-state index in [2.05, 4.69) is 23.9 Å². The van der Waals surface area contributed by atoms with Crippen molar-refractivity contribution in [1.82, 2.24) is 5.32 Å². The maximum Gasteiger partial charge on any atom is 0.411 e. The first-order chi connectivity index (χ1) is 7.99. The van der Waals surface area contributed by atoms with E-state index in [0.717, 1.165) is 13.0 Å². The van der Waals surface area contributed by atoms with Crippen molar-refractivity contribution in [3.8, 4) is 0 Å². The van der Waals surface area contributed by atoms with Crippen LogP contribution in [0.2, 0.25) is 0 Å². The number of hydrogen-bond acceptors (Lipinski definition) is 2. The Balaban J connectivity index is 3.36. The fourth-order valence-corrected chi connectivity index (χ4v) is 1.58. The van der Waals surface area contributed by atoms with Gasteiger partial charge in [-0.2, -0.15) is 13.2 Å². The van der Waals surface area contributed by atoms with E-state index in [1.54, 1.807) is 0 Å². The Morgan fingerprint density at radius 2 is 1.94 bits per heavy atom. The molecule has 5 heteroatoms. The average molecular weight is 255 g/mol. The first kappa shape index (κ1) is 16.7. The Bertz CT molecular complexity index is 174. The number of halogens is 3. The second-order valence-corrected chi connectivity index (χ2v) is 4.29. The molecule has 1 N–H and O–H groups in total. The third kappa shape index (κ3) is 12.0. The second-order valence-electron chi connectivity index (χ2n) is 4.29. The van der Waals surface area contributed by atoms with Gasteiger partial charge in [0.25, 0.3) is 0 Å². The van der Waals surface area contributed by atoms with Gasteiger partial charge in [-0.05, 0) is 18.9 Å². The summed E-state index contributed by atoms with van der Waals surface area (Å²) >= 11 is 0. The van der Waals surface area contributed by atoms with Crippen LogP contribution < -0.4 is 5.32 Å². The van der Waals surface area contributed by atoms with Gasteiger partial charge in [-0.3, -0.25) is 0 Å².